The van der Waals surface area contributed by atoms with Crippen molar-refractivity contribution in [2.75, 3.05) is 0 Å². The van der Waals surface area contributed by atoms with Crippen LogP contribution in [0.15, 0.2) is 30.7 Å². The minimum Gasteiger partial charge on any atom is -0.480 e. The molecule has 0 bridgehead atoms. The van der Waals surface area contributed by atoms with E-state index in [1.807, 2.05) is 13.8 Å². The Labute approximate surface area is 161 Å². The molecule has 0 radical (unpaired) electrons. The first-order chi connectivity index (χ1) is 13.2. The molecule has 1 aromatic carbocycles. The van der Waals surface area contributed by atoms with E-state index in [0.29, 0.717) is 5.69 Å². The van der Waals surface area contributed by atoms with Crippen LogP contribution < -0.4 is 5.32 Å². The highest BCUT2D eigenvalue weighted by molar-refractivity contribution is 5.77. The first-order valence-electron chi connectivity index (χ1n) is 8.82. The zero-order valence-electron chi connectivity index (χ0n) is 15.6. The van der Waals surface area contributed by atoms with Gasteiger partial charge in [-0.15, -0.1) is 0 Å². The van der Waals surface area contributed by atoms with E-state index in [1.54, 1.807) is 0 Å². The number of aromatic nitrogens is 2. The number of imidazole rings is 1. The van der Waals surface area contributed by atoms with Crippen molar-refractivity contribution in [2.24, 2.45) is 5.92 Å². The molecule has 1 heterocycles. The first kappa shape index (κ1) is 21.5. The number of benzene rings is 1. The topological polar surface area (TPSA) is 104 Å². The van der Waals surface area contributed by atoms with Gasteiger partial charge in [-0.1, -0.05) is 26.0 Å². The quantitative estimate of drug-likeness (QED) is 0.570. The minimum atomic E-state index is -1.21. The summed E-state index contributed by atoms with van der Waals surface area (Å²) in [4.78, 5) is 27.0. The third kappa shape index (κ3) is 5.59. The van der Waals surface area contributed by atoms with Gasteiger partial charge in [0.25, 0.3) is 0 Å². The van der Waals surface area contributed by atoms with E-state index >= 15 is 0 Å². The Kier molecular flexibility index (Phi) is 7.22. The van der Waals surface area contributed by atoms with E-state index in [9.17, 15) is 28.6 Å². The largest absolute Gasteiger partial charge is 0.480 e. The summed E-state index contributed by atoms with van der Waals surface area (Å²) < 4.78 is 28.8. The van der Waals surface area contributed by atoms with Gasteiger partial charge in [0.05, 0.1) is 12.9 Å². The zero-order valence-corrected chi connectivity index (χ0v) is 15.6. The Morgan fingerprint density at radius 1 is 1.18 bits per heavy atom. The van der Waals surface area contributed by atoms with Crippen LogP contribution >= 0.6 is 0 Å². The molecule has 0 saturated carbocycles. The van der Waals surface area contributed by atoms with Crippen LogP contribution in [0, 0.1) is 17.6 Å². The number of rotatable bonds is 10. The molecule has 0 aliphatic carbocycles. The van der Waals surface area contributed by atoms with Gasteiger partial charge in [-0.3, -0.25) is 14.9 Å². The van der Waals surface area contributed by atoms with Gasteiger partial charge in [-0.05, 0) is 18.4 Å². The standard InChI is InChI=1S/C19H23F2N3O4/c1-11(2)6-15(18(25)26)23-16(19(27)28)7-13-8-22-10-24(13)9-12-4-3-5-14(20)17(12)21/h3-5,8,10-11,15-16,23H,6-7,9H2,1-2H3,(H,25,26)(H,27,28)/t15?,16-/m0/s1. The van der Waals surface area contributed by atoms with Crippen molar-refractivity contribution in [1.29, 1.82) is 0 Å². The number of nitrogens with one attached hydrogen (secondary N) is 1. The molecule has 152 valence electrons. The molecule has 3 N–H and O–H groups in total. The SMILES string of the molecule is CC(C)CC(N[C@@H](Cc1cncn1Cc1cccc(F)c1F)C(=O)O)C(=O)O. The summed E-state index contributed by atoms with van der Waals surface area (Å²) in [5.74, 6) is -4.22. The molecule has 2 rings (SSSR count). The monoisotopic (exact) mass is 395 g/mol. The summed E-state index contributed by atoms with van der Waals surface area (Å²) in [5, 5.41) is 21.5. The molecule has 0 spiro atoms. The summed E-state index contributed by atoms with van der Waals surface area (Å²) in [6.45, 7) is 3.66. The number of hydrogen-bond donors (Lipinski definition) is 3. The van der Waals surface area contributed by atoms with Crippen LogP contribution in [0.5, 0.6) is 0 Å². The lowest BCUT2D eigenvalue weighted by Gasteiger charge is -2.22. The van der Waals surface area contributed by atoms with Gasteiger partial charge in [0, 0.05) is 23.9 Å². The van der Waals surface area contributed by atoms with E-state index in [4.69, 9.17) is 0 Å². The van der Waals surface area contributed by atoms with E-state index < -0.39 is 35.7 Å². The van der Waals surface area contributed by atoms with Crippen molar-refractivity contribution in [3.05, 3.63) is 53.6 Å². The fraction of sp³-hybridized carbons (Fsp3) is 0.421. The van der Waals surface area contributed by atoms with Gasteiger partial charge in [-0.25, -0.2) is 13.8 Å². The van der Waals surface area contributed by atoms with Crippen molar-refractivity contribution in [1.82, 2.24) is 14.9 Å². The van der Waals surface area contributed by atoms with Gasteiger partial charge in [-0.2, -0.15) is 0 Å². The van der Waals surface area contributed by atoms with Gasteiger partial charge in [0.15, 0.2) is 11.6 Å². The van der Waals surface area contributed by atoms with Crippen molar-refractivity contribution < 1.29 is 28.6 Å². The smallest absolute Gasteiger partial charge is 0.321 e. The lowest BCUT2D eigenvalue weighted by molar-refractivity contribution is -0.142. The number of nitrogens with zero attached hydrogens (tertiary/aromatic N) is 2. The Morgan fingerprint density at radius 2 is 1.86 bits per heavy atom. The van der Waals surface area contributed by atoms with E-state index in [-0.39, 0.29) is 30.9 Å². The minimum absolute atomic E-state index is 0.0282. The molecule has 2 aromatic rings. The van der Waals surface area contributed by atoms with Crippen molar-refractivity contribution >= 4 is 11.9 Å². The normalized spacial score (nSPS) is 13.5. The number of carboxylic acids is 2. The lowest BCUT2D eigenvalue weighted by Crippen LogP contribution is -2.49. The molecule has 0 amide bonds. The maximum Gasteiger partial charge on any atom is 0.321 e. The highest BCUT2D eigenvalue weighted by atomic mass is 19.2. The van der Waals surface area contributed by atoms with Gasteiger partial charge in [0.2, 0.25) is 0 Å². The number of carbonyl (C=O) groups is 2. The highest BCUT2D eigenvalue weighted by Gasteiger charge is 2.27. The number of hydrogen-bond acceptors (Lipinski definition) is 4. The molecule has 2 atom stereocenters. The van der Waals surface area contributed by atoms with Crippen molar-refractivity contribution in [3.8, 4) is 0 Å². The summed E-state index contributed by atoms with van der Waals surface area (Å²) >= 11 is 0. The molecular formula is C19H23F2N3O4. The van der Waals surface area contributed by atoms with Crippen LogP contribution in [0.2, 0.25) is 0 Å². The van der Waals surface area contributed by atoms with Gasteiger partial charge in [0.1, 0.15) is 12.1 Å². The molecule has 9 heteroatoms. The number of halogens is 2. The molecule has 1 aromatic heterocycles. The van der Waals surface area contributed by atoms with E-state index in [1.165, 1.54) is 29.2 Å². The van der Waals surface area contributed by atoms with Crippen LogP contribution in [-0.2, 0) is 22.6 Å². The molecule has 0 saturated heterocycles. The van der Waals surface area contributed by atoms with Crippen LogP contribution in [0.25, 0.3) is 0 Å². The summed E-state index contributed by atoms with van der Waals surface area (Å²) in [5.41, 5.74) is 0.555. The lowest BCUT2D eigenvalue weighted by atomic mass is 10.0. The molecule has 0 aliphatic heterocycles. The molecular weight excluding hydrogens is 372 g/mol. The molecule has 0 aliphatic rings. The van der Waals surface area contributed by atoms with Crippen LogP contribution in [0.4, 0.5) is 8.78 Å². The molecule has 28 heavy (non-hydrogen) atoms. The predicted octanol–water partition coefficient (Wildman–Crippen LogP) is 2.29. The Morgan fingerprint density at radius 3 is 2.46 bits per heavy atom. The average Bonchev–Trinajstić information content (AvgIpc) is 3.03. The maximum absolute atomic E-state index is 13.9. The fourth-order valence-corrected chi connectivity index (χ4v) is 2.90. The Hall–Kier alpha value is -2.81. The second-order valence-electron chi connectivity index (χ2n) is 7.01. The molecule has 0 fully saturated rings. The van der Waals surface area contributed by atoms with Crippen molar-refractivity contribution in [3.63, 3.8) is 0 Å². The Bertz CT molecular complexity index is 838. The van der Waals surface area contributed by atoms with Crippen molar-refractivity contribution in [2.45, 2.75) is 45.3 Å². The fourth-order valence-electron chi connectivity index (χ4n) is 2.90. The van der Waals surface area contributed by atoms with Crippen LogP contribution in [0.1, 0.15) is 31.5 Å². The van der Waals surface area contributed by atoms with Crippen LogP contribution in [-0.4, -0.2) is 43.8 Å². The number of aliphatic carboxylic acids is 2. The zero-order chi connectivity index (χ0) is 20.8. The summed E-state index contributed by atoms with van der Waals surface area (Å²) in [6, 6.07) is 1.64. The molecule has 7 nitrogen and oxygen atoms in total. The van der Waals surface area contributed by atoms with E-state index in [2.05, 4.69) is 10.3 Å². The summed E-state index contributed by atoms with van der Waals surface area (Å²) in [6.07, 6.45) is 3.02. The predicted molar refractivity (Wildman–Crippen MR) is 96.8 cm³/mol. The average molecular weight is 395 g/mol. The summed E-state index contributed by atoms with van der Waals surface area (Å²) in [7, 11) is 0. The third-order valence-corrected chi connectivity index (χ3v) is 4.29. The number of carboxylic acid groups (broad SMARTS) is 2. The van der Waals surface area contributed by atoms with Gasteiger partial charge >= 0.3 is 11.9 Å². The maximum atomic E-state index is 13.9. The van der Waals surface area contributed by atoms with Crippen LogP contribution in [0.3, 0.4) is 0 Å². The molecule has 1 unspecified atom stereocenters. The first-order valence-corrected chi connectivity index (χ1v) is 8.82. The highest BCUT2D eigenvalue weighted by Crippen LogP contribution is 2.15. The second-order valence-corrected chi connectivity index (χ2v) is 7.01. The third-order valence-electron chi connectivity index (χ3n) is 4.29. The van der Waals surface area contributed by atoms with E-state index in [0.717, 1.165) is 6.07 Å². The van der Waals surface area contributed by atoms with Gasteiger partial charge < -0.3 is 14.8 Å². The Balaban J connectivity index is 2.18. The second kappa shape index (κ2) is 9.41.